The summed E-state index contributed by atoms with van der Waals surface area (Å²) in [6.45, 7) is 0. The van der Waals surface area contributed by atoms with Gasteiger partial charge in [0.05, 0.1) is 6.10 Å². The van der Waals surface area contributed by atoms with Crippen molar-refractivity contribution < 1.29 is 9.90 Å². The van der Waals surface area contributed by atoms with Crippen LogP contribution < -0.4 is 5.32 Å². The lowest BCUT2D eigenvalue weighted by Crippen LogP contribution is -2.17. The van der Waals surface area contributed by atoms with Crippen LogP contribution in [0.25, 0.3) is 0 Å². The van der Waals surface area contributed by atoms with Gasteiger partial charge in [-0.1, -0.05) is 36.4 Å². The number of benzene rings is 2. The van der Waals surface area contributed by atoms with Gasteiger partial charge in [0.15, 0.2) is 0 Å². The van der Waals surface area contributed by atoms with Crippen molar-refractivity contribution in [1.29, 1.82) is 0 Å². The first-order valence-corrected chi connectivity index (χ1v) is 7.26. The Labute approximate surface area is 124 Å². The molecular formula is C18H19NO2. The van der Waals surface area contributed by atoms with E-state index in [9.17, 15) is 9.90 Å². The monoisotopic (exact) mass is 281 g/mol. The summed E-state index contributed by atoms with van der Waals surface area (Å²) in [6.07, 6.45) is 1.35. The molecule has 0 radical (unpaired) electrons. The Bertz CT molecular complexity index is 649. The first-order chi connectivity index (χ1) is 10.2. The number of hydrogen-bond donors (Lipinski definition) is 2. The molecule has 0 aromatic heterocycles. The summed E-state index contributed by atoms with van der Waals surface area (Å²) in [6, 6.07) is 15.7. The van der Waals surface area contributed by atoms with E-state index >= 15 is 0 Å². The molecule has 1 aliphatic rings. The van der Waals surface area contributed by atoms with Crippen LogP contribution in [-0.4, -0.2) is 18.1 Å². The molecule has 3 nitrogen and oxygen atoms in total. The Morgan fingerprint density at radius 2 is 1.90 bits per heavy atom. The quantitative estimate of drug-likeness (QED) is 0.908. The highest BCUT2D eigenvalue weighted by Gasteiger charge is 2.30. The van der Waals surface area contributed by atoms with Gasteiger partial charge < -0.3 is 10.4 Å². The molecule has 0 bridgehead atoms. The molecule has 1 amide bonds. The summed E-state index contributed by atoms with van der Waals surface area (Å²) in [5.74, 6) is 0.142. The summed E-state index contributed by atoms with van der Waals surface area (Å²) in [5.41, 5.74) is 4.12. The summed E-state index contributed by atoms with van der Waals surface area (Å²) < 4.78 is 0. The minimum Gasteiger partial charge on any atom is -0.388 e. The molecule has 2 aromatic rings. The lowest BCUT2D eigenvalue weighted by atomic mass is 9.94. The van der Waals surface area contributed by atoms with Crippen LogP contribution >= 0.6 is 0 Å². The minimum absolute atomic E-state index is 0.0742. The number of nitrogens with one attached hydrogen (secondary N) is 1. The molecule has 2 N–H and O–H groups in total. The van der Waals surface area contributed by atoms with Gasteiger partial charge in [0.2, 0.25) is 0 Å². The van der Waals surface area contributed by atoms with Gasteiger partial charge in [0.25, 0.3) is 5.91 Å². The fourth-order valence-corrected chi connectivity index (χ4v) is 3.08. The van der Waals surface area contributed by atoms with Gasteiger partial charge in [-0.3, -0.25) is 4.79 Å². The number of aliphatic hydroxyl groups is 1. The van der Waals surface area contributed by atoms with Crippen molar-refractivity contribution in [1.82, 2.24) is 5.32 Å². The molecule has 0 heterocycles. The molecule has 21 heavy (non-hydrogen) atoms. The summed E-state index contributed by atoms with van der Waals surface area (Å²) in [7, 11) is 1.63. The Balaban J connectivity index is 1.72. The highest BCUT2D eigenvalue weighted by molar-refractivity contribution is 5.93. The molecule has 0 spiro atoms. The zero-order valence-corrected chi connectivity index (χ0v) is 12.0. The van der Waals surface area contributed by atoms with Crippen molar-refractivity contribution in [3.63, 3.8) is 0 Å². The molecule has 0 fully saturated rings. The molecule has 0 saturated heterocycles. The number of hydrogen-bond acceptors (Lipinski definition) is 2. The highest BCUT2D eigenvalue weighted by Crippen LogP contribution is 2.37. The molecule has 1 unspecified atom stereocenters. The molecule has 3 rings (SSSR count). The predicted molar refractivity (Wildman–Crippen MR) is 82.1 cm³/mol. The molecule has 2 atom stereocenters. The van der Waals surface area contributed by atoms with E-state index in [1.807, 2.05) is 42.5 Å². The predicted octanol–water partition coefficient (Wildman–Crippen LogP) is 2.49. The maximum atomic E-state index is 11.5. The van der Waals surface area contributed by atoms with Crippen molar-refractivity contribution in [2.24, 2.45) is 5.92 Å². The molecular weight excluding hydrogens is 262 g/mol. The molecule has 2 aromatic carbocycles. The van der Waals surface area contributed by atoms with Gasteiger partial charge in [-0.25, -0.2) is 0 Å². The first-order valence-electron chi connectivity index (χ1n) is 7.26. The number of rotatable bonds is 3. The molecule has 1 aliphatic carbocycles. The van der Waals surface area contributed by atoms with E-state index < -0.39 is 0 Å². The van der Waals surface area contributed by atoms with E-state index in [0.29, 0.717) is 5.56 Å². The largest absolute Gasteiger partial charge is 0.388 e. The van der Waals surface area contributed by atoms with Crippen LogP contribution in [0.1, 0.15) is 33.2 Å². The average Bonchev–Trinajstić information content (AvgIpc) is 2.84. The molecule has 3 heteroatoms. The first kappa shape index (κ1) is 13.8. The Morgan fingerprint density at radius 1 is 1.19 bits per heavy atom. The van der Waals surface area contributed by atoms with E-state index in [-0.39, 0.29) is 17.9 Å². The summed E-state index contributed by atoms with van der Waals surface area (Å²) in [4.78, 5) is 11.5. The number of amides is 1. The number of carbonyl (C=O) groups is 1. The third-order valence-corrected chi connectivity index (χ3v) is 4.24. The zero-order valence-electron chi connectivity index (χ0n) is 12.0. The topological polar surface area (TPSA) is 49.3 Å². The van der Waals surface area contributed by atoms with Crippen LogP contribution in [0.3, 0.4) is 0 Å². The fraction of sp³-hybridized carbons (Fsp3) is 0.278. The van der Waals surface area contributed by atoms with Gasteiger partial charge in [0.1, 0.15) is 0 Å². The zero-order chi connectivity index (χ0) is 14.8. The molecule has 0 aliphatic heterocycles. The number of carbonyl (C=O) groups excluding carboxylic acids is 1. The van der Waals surface area contributed by atoms with Gasteiger partial charge in [-0.15, -0.1) is 0 Å². The maximum Gasteiger partial charge on any atom is 0.251 e. The van der Waals surface area contributed by atoms with E-state index in [4.69, 9.17) is 0 Å². The van der Waals surface area contributed by atoms with Crippen LogP contribution in [0.2, 0.25) is 0 Å². The van der Waals surface area contributed by atoms with Crippen molar-refractivity contribution >= 4 is 5.91 Å². The Hall–Kier alpha value is -2.13. The Morgan fingerprint density at radius 3 is 2.57 bits per heavy atom. The third kappa shape index (κ3) is 2.69. The van der Waals surface area contributed by atoms with E-state index in [1.54, 1.807) is 7.05 Å². The van der Waals surface area contributed by atoms with Crippen LogP contribution in [0, 0.1) is 5.92 Å². The van der Waals surface area contributed by atoms with Crippen molar-refractivity contribution in [3.05, 3.63) is 70.8 Å². The summed E-state index contributed by atoms with van der Waals surface area (Å²) >= 11 is 0. The van der Waals surface area contributed by atoms with Gasteiger partial charge in [-0.2, -0.15) is 0 Å². The highest BCUT2D eigenvalue weighted by atomic mass is 16.3. The second-order valence-corrected chi connectivity index (χ2v) is 5.59. The maximum absolute atomic E-state index is 11.5. The van der Waals surface area contributed by atoms with Crippen LogP contribution in [0.15, 0.2) is 48.5 Å². The minimum atomic E-state index is -0.389. The SMILES string of the molecule is CNC(=O)c1ccc(C[C@@H]2Cc3ccccc3C2O)cc1. The third-order valence-electron chi connectivity index (χ3n) is 4.24. The van der Waals surface area contributed by atoms with Crippen LogP contribution in [0.5, 0.6) is 0 Å². The van der Waals surface area contributed by atoms with Crippen molar-refractivity contribution in [2.75, 3.05) is 7.05 Å². The second-order valence-electron chi connectivity index (χ2n) is 5.59. The van der Waals surface area contributed by atoms with Gasteiger partial charge in [0, 0.05) is 12.6 Å². The van der Waals surface area contributed by atoms with Crippen LogP contribution in [-0.2, 0) is 12.8 Å². The second kappa shape index (κ2) is 5.70. The van der Waals surface area contributed by atoms with Crippen molar-refractivity contribution in [3.8, 4) is 0 Å². The molecule has 108 valence electrons. The number of aliphatic hydroxyl groups excluding tert-OH is 1. The normalized spacial score (nSPS) is 20.1. The van der Waals surface area contributed by atoms with E-state index in [0.717, 1.165) is 24.0 Å². The fourth-order valence-electron chi connectivity index (χ4n) is 3.08. The Kier molecular flexibility index (Phi) is 3.76. The van der Waals surface area contributed by atoms with Crippen LogP contribution in [0.4, 0.5) is 0 Å². The number of fused-ring (bicyclic) bond motifs is 1. The van der Waals surface area contributed by atoms with E-state index in [2.05, 4.69) is 11.4 Å². The summed E-state index contributed by atoms with van der Waals surface area (Å²) in [5, 5.41) is 13.0. The lowest BCUT2D eigenvalue weighted by molar-refractivity contribution is 0.0963. The van der Waals surface area contributed by atoms with Crippen molar-refractivity contribution in [2.45, 2.75) is 18.9 Å². The average molecular weight is 281 g/mol. The van der Waals surface area contributed by atoms with Gasteiger partial charge in [-0.05, 0) is 47.6 Å². The van der Waals surface area contributed by atoms with E-state index in [1.165, 1.54) is 5.56 Å². The molecule has 0 saturated carbocycles. The smallest absolute Gasteiger partial charge is 0.251 e. The standard InChI is InChI=1S/C18H19NO2/c1-19-18(21)13-8-6-12(7-9-13)10-15-11-14-4-2-3-5-16(14)17(15)20/h2-9,15,17,20H,10-11H2,1H3,(H,19,21)/t15-,17?/m1/s1. The lowest BCUT2D eigenvalue weighted by Gasteiger charge is -2.15. The van der Waals surface area contributed by atoms with Gasteiger partial charge >= 0.3 is 0 Å².